The predicted octanol–water partition coefficient (Wildman–Crippen LogP) is 1.48. The summed E-state index contributed by atoms with van der Waals surface area (Å²) in [6.07, 6.45) is 0. The summed E-state index contributed by atoms with van der Waals surface area (Å²) in [6.45, 7) is 4.17. The van der Waals surface area contributed by atoms with E-state index < -0.39 is 13.4 Å². The zero-order chi connectivity index (χ0) is 17.1. The summed E-state index contributed by atoms with van der Waals surface area (Å²) in [6, 6.07) is 2.59. The number of benzene rings is 1. The molecule has 1 aromatic heterocycles. The molecule has 0 saturated heterocycles. The molecule has 0 aliphatic carbocycles. The van der Waals surface area contributed by atoms with Crippen molar-refractivity contribution in [2.45, 2.75) is 20.4 Å². The van der Waals surface area contributed by atoms with Crippen molar-refractivity contribution in [3.05, 3.63) is 17.9 Å². The van der Waals surface area contributed by atoms with Crippen molar-refractivity contribution in [2.75, 3.05) is 20.0 Å². The Balaban J connectivity index is 0.000000745. The average molecular weight is 333 g/mol. The van der Waals surface area contributed by atoms with Gasteiger partial charge in [-0.25, -0.2) is 9.37 Å². The molecule has 0 aliphatic rings. The van der Waals surface area contributed by atoms with Crippen molar-refractivity contribution in [3.63, 3.8) is 0 Å². The normalized spacial score (nSPS) is 11.6. The largest absolute Gasteiger partial charge is 0.395 e. The molecule has 0 atom stereocenters. The molecule has 0 aliphatic heterocycles. The van der Waals surface area contributed by atoms with E-state index in [0.717, 1.165) is 0 Å². The van der Waals surface area contributed by atoms with Gasteiger partial charge in [-0.1, -0.05) is 13.8 Å². The second kappa shape index (κ2) is 7.19. The van der Waals surface area contributed by atoms with Gasteiger partial charge in [-0.3, -0.25) is 4.57 Å². The molecule has 0 saturated carbocycles. The summed E-state index contributed by atoms with van der Waals surface area (Å²) in [5.74, 6) is -0.507. The number of imidazole rings is 1. The first-order chi connectivity index (χ1) is 10.1. The van der Waals surface area contributed by atoms with Crippen LogP contribution in [-0.4, -0.2) is 33.6 Å². The second-order valence-electron chi connectivity index (χ2n) is 5.20. The number of hydrogen-bond acceptors (Lipinski definition) is 4. The van der Waals surface area contributed by atoms with E-state index in [1.165, 1.54) is 16.7 Å². The number of ether oxygens (including phenoxy) is 1. The van der Waals surface area contributed by atoms with Gasteiger partial charge in [0.1, 0.15) is 11.3 Å². The van der Waals surface area contributed by atoms with Gasteiger partial charge in [-0.15, -0.1) is 0 Å². The Bertz CT molecular complexity index is 696. The number of fused-ring (bicyclic) bond motifs is 1. The van der Waals surface area contributed by atoms with Crippen molar-refractivity contribution in [2.24, 2.45) is 5.92 Å². The highest BCUT2D eigenvalue weighted by Gasteiger charge is 2.28. The van der Waals surface area contributed by atoms with Gasteiger partial charge in [0.2, 0.25) is 5.57 Å². The van der Waals surface area contributed by atoms with Gasteiger partial charge < -0.3 is 24.8 Å². The maximum Gasteiger partial charge on any atom is 0.391 e. The summed E-state index contributed by atoms with van der Waals surface area (Å²) in [5, 5.41) is 0. The zero-order valence-electron chi connectivity index (χ0n) is 12.9. The van der Waals surface area contributed by atoms with Gasteiger partial charge >= 0.3 is 7.60 Å². The van der Waals surface area contributed by atoms with Gasteiger partial charge in [-0.2, -0.15) is 0 Å². The molecule has 0 radical (unpaired) electrons. The van der Waals surface area contributed by atoms with Crippen LogP contribution < -0.4 is 11.3 Å². The van der Waals surface area contributed by atoms with Crippen LogP contribution in [0.1, 0.15) is 13.8 Å². The third-order valence-electron chi connectivity index (χ3n) is 2.69. The third kappa shape index (κ3) is 4.04. The van der Waals surface area contributed by atoms with Crippen LogP contribution in [0.4, 0.5) is 10.1 Å². The molecule has 2 rings (SSSR count). The Morgan fingerprint density at radius 1 is 1.41 bits per heavy atom. The van der Waals surface area contributed by atoms with Crippen LogP contribution in [0.25, 0.3) is 11.0 Å². The monoisotopic (exact) mass is 333 g/mol. The maximum atomic E-state index is 13.4. The van der Waals surface area contributed by atoms with Crippen LogP contribution in [-0.2, 0) is 15.8 Å². The summed E-state index contributed by atoms with van der Waals surface area (Å²) in [5.41, 5.74) is 5.49. The molecule has 22 heavy (non-hydrogen) atoms. The first kappa shape index (κ1) is 18.6. The quantitative estimate of drug-likeness (QED) is 0.580. The lowest BCUT2D eigenvalue weighted by Gasteiger charge is -2.12. The van der Waals surface area contributed by atoms with Gasteiger partial charge in [0.25, 0.3) is 0 Å². The number of nitrogen functional groups attached to an aromatic ring is 1. The van der Waals surface area contributed by atoms with Crippen molar-refractivity contribution in [1.82, 2.24) is 9.55 Å². The number of aromatic nitrogens is 2. The number of anilines is 1. The van der Waals surface area contributed by atoms with Crippen molar-refractivity contribution in [3.8, 4) is 0 Å². The molecule has 0 fully saturated rings. The fraction of sp³-hybridized carbons (Fsp3) is 0.462. The lowest BCUT2D eigenvalue weighted by atomic mass is 10.2. The summed E-state index contributed by atoms with van der Waals surface area (Å²) < 4.78 is 30.5. The molecule has 0 unspecified atom stereocenters. The van der Waals surface area contributed by atoms with Crippen LogP contribution in [0.15, 0.2) is 12.1 Å². The molecular weight excluding hydrogens is 312 g/mol. The lowest BCUT2D eigenvalue weighted by Crippen LogP contribution is -2.21. The minimum absolute atomic E-state index is 0.0824. The molecule has 1 aromatic carbocycles. The molecule has 1 heterocycles. The Morgan fingerprint density at radius 2 is 1.95 bits per heavy atom. The summed E-state index contributed by atoms with van der Waals surface area (Å²) >= 11 is 0. The third-order valence-corrected chi connectivity index (χ3v) is 3.56. The SMILES string of the molecule is CC(C)Cn1c(P(=O)(O)O)nc2c(N)c(F)ccc21.COC. The summed E-state index contributed by atoms with van der Waals surface area (Å²) in [4.78, 5) is 22.5. The Morgan fingerprint density at radius 3 is 2.41 bits per heavy atom. The van der Waals surface area contributed by atoms with Crippen molar-refractivity contribution < 1.29 is 23.5 Å². The molecule has 7 nitrogen and oxygen atoms in total. The molecular formula is C13H21FN3O4P. The van der Waals surface area contributed by atoms with Crippen LogP contribution in [0.5, 0.6) is 0 Å². The van der Waals surface area contributed by atoms with Crippen LogP contribution >= 0.6 is 7.60 Å². The lowest BCUT2D eigenvalue weighted by molar-refractivity contribution is 0.277. The minimum Gasteiger partial charge on any atom is -0.395 e. The number of rotatable bonds is 3. The number of nitrogens with two attached hydrogens (primary N) is 1. The van der Waals surface area contributed by atoms with Crippen LogP contribution in [0.2, 0.25) is 0 Å². The van der Waals surface area contributed by atoms with Gasteiger partial charge in [-0.05, 0) is 18.1 Å². The summed E-state index contributed by atoms with van der Waals surface area (Å²) in [7, 11) is -1.30. The number of nitrogens with zero attached hydrogens (tertiary/aromatic N) is 2. The first-order valence-corrected chi connectivity index (χ1v) is 8.15. The fourth-order valence-electron chi connectivity index (χ4n) is 1.94. The molecule has 9 heteroatoms. The molecule has 124 valence electrons. The van der Waals surface area contributed by atoms with E-state index in [1.807, 2.05) is 13.8 Å². The number of halogens is 1. The molecule has 0 amide bonds. The van der Waals surface area contributed by atoms with E-state index in [9.17, 15) is 18.7 Å². The number of methoxy groups -OCH3 is 1. The Labute approximate surface area is 128 Å². The van der Waals surface area contributed by atoms with E-state index in [0.29, 0.717) is 12.1 Å². The van der Waals surface area contributed by atoms with Crippen LogP contribution in [0.3, 0.4) is 0 Å². The molecule has 2 aromatic rings. The zero-order valence-corrected chi connectivity index (χ0v) is 13.8. The standard InChI is InChI=1S/C11H15FN3O3P.C2H6O/c1-6(2)5-15-8-4-3-7(12)9(13)10(8)14-11(15)19(16,17)18;1-3-2/h3-4,6H,5,13H2,1-2H3,(H2,16,17,18);1-2H3. The van der Waals surface area contributed by atoms with Gasteiger partial charge in [0.05, 0.1) is 11.2 Å². The van der Waals surface area contributed by atoms with E-state index in [2.05, 4.69) is 9.72 Å². The molecule has 4 N–H and O–H groups in total. The second-order valence-corrected chi connectivity index (χ2v) is 6.69. The maximum absolute atomic E-state index is 13.4. The molecule has 0 spiro atoms. The fourth-order valence-corrected chi connectivity index (χ4v) is 2.68. The highest BCUT2D eigenvalue weighted by Crippen LogP contribution is 2.35. The van der Waals surface area contributed by atoms with E-state index in [-0.39, 0.29) is 22.7 Å². The van der Waals surface area contributed by atoms with E-state index in [1.54, 1.807) is 14.2 Å². The average Bonchev–Trinajstić information content (AvgIpc) is 2.73. The first-order valence-electron chi connectivity index (χ1n) is 6.53. The Hall–Kier alpha value is -1.47. The van der Waals surface area contributed by atoms with Crippen LogP contribution in [0, 0.1) is 11.7 Å². The predicted molar refractivity (Wildman–Crippen MR) is 83.6 cm³/mol. The highest BCUT2D eigenvalue weighted by molar-refractivity contribution is 7.59. The van der Waals surface area contributed by atoms with Crippen molar-refractivity contribution >= 4 is 29.9 Å². The van der Waals surface area contributed by atoms with E-state index >= 15 is 0 Å². The van der Waals surface area contributed by atoms with Crippen molar-refractivity contribution in [1.29, 1.82) is 0 Å². The topological polar surface area (TPSA) is 111 Å². The Kier molecular flexibility index (Phi) is 6.08. The highest BCUT2D eigenvalue weighted by atomic mass is 31.2. The molecule has 0 bridgehead atoms. The van der Waals surface area contributed by atoms with E-state index in [4.69, 9.17) is 5.73 Å². The van der Waals surface area contributed by atoms with Gasteiger partial charge in [0.15, 0.2) is 0 Å². The number of hydrogen-bond donors (Lipinski definition) is 3. The minimum atomic E-state index is -4.55. The smallest absolute Gasteiger partial charge is 0.391 e. The van der Waals surface area contributed by atoms with Gasteiger partial charge in [0, 0.05) is 20.8 Å².